The second kappa shape index (κ2) is 5.12. The summed E-state index contributed by atoms with van der Waals surface area (Å²) in [6.07, 6.45) is 1.30. The van der Waals surface area contributed by atoms with Crippen LogP contribution in [0, 0.1) is 0 Å². The number of aliphatic hydroxyl groups is 1. The molecule has 84 valence electrons. The Labute approximate surface area is 91.8 Å². The van der Waals surface area contributed by atoms with Gasteiger partial charge in [0, 0.05) is 18.8 Å². The van der Waals surface area contributed by atoms with Crippen molar-refractivity contribution in [1.29, 1.82) is 0 Å². The zero-order valence-electron chi connectivity index (χ0n) is 9.94. The van der Waals surface area contributed by atoms with Gasteiger partial charge in [-0.25, -0.2) is 4.98 Å². The second-order valence-corrected chi connectivity index (χ2v) is 4.01. The van der Waals surface area contributed by atoms with Gasteiger partial charge in [-0.3, -0.25) is 0 Å². The summed E-state index contributed by atoms with van der Waals surface area (Å²) in [5.41, 5.74) is 0.860. The minimum atomic E-state index is -0.444. The predicted molar refractivity (Wildman–Crippen MR) is 63.0 cm³/mol. The number of hydrogen-bond acceptors (Lipinski definition) is 3. The van der Waals surface area contributed by atoms with Crippen LogP contribution in [-0.2, 0) is 0 Å². The third kappa shape index (κ3) is 2.93. The van der Waals surface area contributed by atoms with Crippen molar-refractivity contribution in [3.05, 3.63) is 23.9 Å². The third-order valence-electron chi connectivity index (χ3n) is 2.51. The number of aromatic nitrogens is 1. The first kappa shape index (κ1) is 12.0. The molecule has 1 aromatic rings. The Bertz CT molecular complexity index is 293. The molecular formula is C12H20N2O. The van der Waals surface area contributed by atoms with E-state index in [2.05, 4.69) is 30.7 Å². The fourth-order valence-corrected chi connectivity index (χ4v) is 1.61. The number of pyridine rings is 1. The van der Waals surface area contributed by atoms with Crippen LogP contribution in [0.25, 0.3) is 0 Å². The van der Waals surface area contributed by atoms with Gasteiger partial charge in [0.15, 0.2) is 0 Å². The molecule has 3 heteroatoms. The van der Waals surface area contributed by atoms with Gasteiger partial charge in [-0.15, -0.1) is 0 Å². The summed E-state index contributed by atoms with van der Waals surface area (Å²) in [6.45, 7) is 9.10. The summed E-state index contributed by atoms with van der Waals surface area (Å²) in [5.74, 6) is 0.969. The van der Waals surface area contributed by atoms with Gasteiger partial charge in [-0.1, -0.05) is 6.07 Å². The molecular weight excluding hydrogens is 188 g/mol. The van der Waals surface area contributed by atoms with Gasteiger partial charge in [-0.2, -0.15) is 0 Å². The van der Waals surface area contributed by atoms with Crippen molar-refractivity contribution in [2.24, 2.45) is 0 Å². The van der Waals surface area contributed by atoms with Crippen molar-refractivity contribution >= 4 is 5.82 Å². The molecule has 0 aliphatic carbocycles. The molecule has 3 nitrogen and oxygen atoms in total. The van der Waals surface area contributed by atoms with Gasteiger partial charge >= 0.3 is 0 Å². The highest BCUT2D eigenvalue weighted by Crippen LogP contribution is 2.17. The Morgan fingerprint density at radius 2 is 2.00 bits per heavy atom. The molecule has 1 unspecified atom stereocenters. The van der Waals surface area contributed by atoms with Gasteiger partial charge in [0.25, 0.3) is 0 Å². The lowest BCUT2D eigenvalue weighted by Crippen LogP contribution is -2.31. The summed E-state index contributed by atoms with van der Waals surface area (Å²) in [5, 5.41) is 9.37. The Morgan fingerprint density at radius 3 is 2.33 bits per heavy atom. The zero-order valence-corrected chi connectivity index (χ0v) is 9.94. The molecule has 0 amide bonds. The van der Waals surface area contributed by atoms with E-state index in [0.717, 1.165) is 17.9 Å². The van der Waals surface area contributed by atoms with E-state index in [4.69, 9.17) is 0 Å². The van der Waals surface area contributed by atoms with Crippen LogP contribution in [0.2, 0.25) is 0 Å². The monoisotopic (exact) mass is 208 g/mol. The highest BCUT2D eigenvalue weighted by Gasteiger charge is 2.09. The van der Waals surface area contributed by atoms with Crippen molar-refractivity contribution in [1.82, 2.24) is 4.98 Å². The standard InChI is InChI=1S/C12H20N2O/c1-5-14(9(2)3)12-7-6-11(8-13-12)10(4)15/h6-10,15H,5H2,1-4H3. The molecule has 0 saturated carbocycles. The summed E-state index contributed by atoms with van der Waals surface area (Å²) in [7, 11) is 0. The van der Waals surface area contributed by atoms with Crippen molar-refractivity contribution < 1.29 is 5.11 Å². The molecule has 0 aromatic carbocycles. The van der Waals surface area contributed by atoms with Gasteiger partial charge < -0.3 is 10.0 Å². The van der Waals surface area contributed by atoms with Crippen LogP contribution in [-0.4, -0.2) is 22.7 Å². The molecule has 0 aliphatic heterocycles. The van der Waals surface area contributed by atoms with E-state index in [1.54, 1.807) is 13.1 Å². The van der Waals surface area contributed by atoms with E-state index in [9.17, 15) is 5.11 Å². The molecule has 0 saturated heterocycles. The molecule has 0 fully saturated rings. The van der Waals surface area contributed by atoms with Crippen LogP contribution in [0.1, 0.15) is 39.4 Å². The smallest absolute Gasteiger partial charge is 0.128 e. The largest absolute Gasteiger partial charge is 0.389 e. The SMILES string of the molecule is CCN(c1ccc(C(C)O)cn1)C(C)C. The summed E-state index contributed by atoms with van der Waals surface area (Å²) < 4.78 is 0. The molecule has 1 N–H and O–H groups in total. The van der Waals surface area contributed by atoms with E-state index in [0.29, 0.717) is 6.04 Å². The summed E-state index contributed by atoms with van der Waals surface area (Å²) >= 11 is 0. The normalized spacial score (nSPS) is 12.9. The Hall–Kier alpha value is -1.09. The Kier molecular flexibility index (Phi) is 4.09. The zero-order chi connectivity index (χ0) is 11.4. The third-order valence-corrected chi connectivity index (χ3v) is 2.51. The first-order chi connectivity index (χ1) is 7.06. The summed E-state index contributed by atoms with van der Waals surface area (Å²) in [6, 6.07) is 4.34. The lowest BCUT2D eigenvalue weighted by atomic mass is 10.2. The fourth-order valence-electron chi connectivity index (χ4n) is 1.61. The summed E-state index contributed by atoms with van der Waals surface area (Å²) in [4.78, 5) is 6.57. The van der Waals surface area contributed by atoms with Crippen LogP contribution in [0.3, 0.4) is 0 Å². The van der Waals surface area contributed by atoms with E-state index < -0.39 is 6.10 Å². The van der Waals surface area contributed by atoms with Crippen LogP contribution in [0.5, 0.6) is 0 Å². The van der Waals surface area contributed by atoms with Crippen LogP contribution < -0.4 is 4.90 Å². The minimum absolute atomic E-state index is 0.444. The number of rotatable bonds is 4. The first-order valence-electron chi connectivity index (χ1n) is 5.47. The lowest BCUT2D eigenvalue weighted by molar-refractivity contribution is 0.199. The van der Waals surface area contributed by atoms with E-state index in [-0.39, 0.29) is 0 Å². The molecule has 1 atom stereocenters. The van der Waals surface area contributed by atoms with Gasteiger partial charge in [0.05, 0.1) is 6.10 Å². The average molecular weight is 208 g/mol. The number of hydrogen-bond donors (Lipinski definition) is 1. The molecule has 15 heavy (non-hydrogen) atoms. The molecule has 0 aliphatic rings. The average Bonchev–Trinajstić information content (AvgIpc) is 2.19. The van der Waals surface area contributed by atoms with Crippen LogP contribution in [0.15, 0.2) is 18.3 Å². The number of nitrogens with zero attached hydrogens (tertiary/aromatic N) is 2. The van der Waals surface area contributed by atoms with E-state index in [1.165, 1.54) is 0 Å². The van der Waals surface area contributed by atoms with Gasteiger partial charge in [-0.05, 0) is 39.3 Å². The molecule has 0 spiro atoms. The fraction of sp³-hybridized carbons (Fsp3) is 0.583. The van der Waals surface area contributed by atoms with Crippen molar-refractivity contribution in [2.45, 2.75) is 39.8 Å². The van der Waals surface area contributed by atoms with E-state index in [1.807, 2.05) is 12.1 Å². The topological polar surface area (TPSA) is 36.4 Å². The second-order valence-electron chi connectivity index (χ2n) is 4.01. The number of anilines is 1. The Balaban J connectivity index is 2.87. The Morgan fingerprint density at radius 1 is 1.33 bits per heavy atom. The molecule has 1 aromatic heterocycles. The van der Waals surface area contributed by atoms with Crippen LogP contribution >= 0.6 is 0 Å². The first-order valence-corrected chi connectivity index (χ1v) is 5.47. The highest BCUT2D eigenvalue weighted by molar-refractivity contribution is 5.40. The highest BCUT2D eigenvalue weighted by atomic mass is 16.3. The molecule has 1 rings (SSSR count). The maximum atomic E-state index is 9.37. The molecule has 1 heterocycles. The maximum absolute atomic E-state index is 9.37. The molecule has 0 radical (unpaired) electrons. The quantitative estimate of drug-likeness (QED) is 0.825. The van der Waals surface area contributed by atoms with E-state index >= 15 is 0 Å². The number of aliphatic hydroxyl groups excluding tert-OH is 1. The van der Waals surface area contributed by atoms with Crippen molar-refractivity contribution in [3.8, 4) is 0 Å². The lowest BCUT2D eigenvalue weighted by Gasteiger charge is -2.26. The molecule has 0 bridgehead atoms. The predicted octanol–water partition coefficient (Wildman–Crippen LogP) is 2.37. The van der Waals surface area contributed by atoms with Crippen molar-refractivity contribution in [3.63, 3.8) is 0 Å². The van der Waals surface area contributed by atoms with Gasteiger partial charge in [0.2, 0.25) is 0 Å². The minimum Gasteiger partial charge on any atom is -0.389 e. The maximum Gasteiger partial charge on any atom is 0.128 e. The van der Waals surface area contributed by atoms with Crippen LogP contribution in [0.4, 0.5) is 5.82 Å². The van der Waals surface area contributed by atoms with Gasteiger partial charge in [0.1, 0.15) is 5.82 Å². The van der Waals surface area contributed by atoms with Crippen molar-refractivity contribution in [2.75, 3.05) is 11.4 Å².